The summed E-state index contributed by atoms with van der Waals surface area (Å²) in [5, 5.41) is 20.0. The van der Waals surface area contributed by atoms with Crippen molar-refractivity contribution in [1.29, 1.82) is 0 Å². The molecule has 3 aromatic rings. The van der Waals surface area contributed by atoms with Gasteiger partial charge in [0.05, 0.1) is 12.5 Å². The number of pyridine rings is 1. The molecule has 3 atom stereocenters. The molecule has 3 N–H and O–H groups in total. The van der Waals surface area contributed by atoms with E-state index in [0.717, 1.165) is 15.6 Å². The largest absolute Gasteiger partial charge is 0.391 e. The van der Waals surface area contributed by atoms with Crippen molar-refractivity contribution in [2.24, 2.45) is 5.41 Å². The second kappa shape index (κ2) is 12.3. The van der Waals surface area contributed by atoms with Crippen LogP contribution < -0.4 is 10.6 Å². The SMILES string of the molecule is Cc1nc(-c2ccc(CNC(=O)[C@@H]3C[C@@H](O)CN3C(=O)[C@@H](NC(=O)Cc3cncc(Br)c3)C(C)(C)C)cc2)no1. The second-order valence-electron chi connectivity index (χ2n) is 11.0. The molecule has 40 heavy (non-hydrogen) atoms. The smallest absolute Gasteiger partial charge is 0.246 e. The molecule has 1 aliphatic heterocycles. The van der Waals surface area contributed by atoms with Crippen LogP contribution >= 0.6 is 15.9 Å². The van der Waals surface area contributed by atoms with Crippen molar-refractivity contribution in [3.05, 3.63) is 64.2 Å². The average Bonchev–Trinajstić information content (AvgIpc) is 3.50. The van der Waals surface area contributed by atoms with Crippen molar-refractivity contribution in [3.63, 3.8) is 0 Å². The van der Waals surface area contributed by atoms with Crippen LogP contribution in [0.1, 0.15) is 44.2 Å². The molecule has 1 aliphatic rings. The molecule has 0 unspecified atom stereocenters. The first-order chi connectivity index (χ1) is 18.9. The van der Waals surface area contributed by atoms with E-state index < -0.39 is 29.5 Å². The Bertz CT molecular complexity index is 1370. The van der Waals surface area contributed by atoms with Crippen LogP contribution in [0.3, 0.4) is 0 Å². The summed E-state index contributed by atoms with van der Waals surface area (Å²) in [5.41, 5.74) is 1.68. The molecule has 2 aromatic heterocycles. The molecular formula is C28H33BrN6O5. The van der Waals surface area contributed by atoms with E-state index >= 15 is 0 Å². The van der Waals surface area contributed by atoms with Gasteiger partial charge in [0, 0.05) is 48.9 Å². The fraction of sp³-hybridized carbons (Fsp3) is 0.429. The van der Waals surface area contributed by atoms with Gasteiger partial charge in [0.1, 0.15) is 12.1 Å². The van der Waals surface area contributed by atoms with E-state index in [1.54, 1.807) is 25.4 Å². The summed E-state index contributed by atoms with van der Waals surface area (Å²) in [6.07, 6.45) is 2.53. The fourth-order valence-electron chi connectivity index (χ4n) is 4.57. The lowest BCUT2D eigenvalue weighted by Gasteiger charge is -2.35. The first-order valence-electron chi connectivity index (χ1n) is 13.0. The van der Waals surface area contributed by atoms with Crippen LogP contribution in [-0.2, 0) is 27.3 Å². The Morgan fingerprint density at radius 1 is 1.18 bits per heavy atom. The summed E-state index contributed by atoms with van der Waals surface area (Å²) in [6.45, 7) is 7.49. The molecule has 0 radical (unpaired) electrons. The molecule has 1 fully saturated rings. The molecule has 212 valence electrons. The number of rotatable bonds is 8. The maximum atomic E-state index is 13.7. The number of aliphatic hydroxyl groups excluding tert-OH is 1. The van der Waals surface area contributed by atoms with E-state index in [2.05, 4.69) is 41.7 Å². The predicted octanol–water partition coefficient (Wildman–Crippen LogP) is 2.55. The lowest BCUT2D eigenvalue weighted by Crippen LogP contribution is -2.58. The summed E-state index contributed by atoms with van der Waals surface area (Å²) in [6, 6.07) is 7.39. The van der Waals surface area contributed by atoms with Gasteiger partial charge in [-0.05, 0) is 38.5 Å². The Morgan fingerprint density at radius 3 is 2.52 bits per heavy atom. The maximum Gasteiger partial charge on any atom is 0.246 e. The van der Waals surface area contributed by atoms with Gasteiger partial charge in [-0.15, -0.1) is 0 Å². The van der Waals surface area contributed by atoms with Crippen molar-refractivity contribution < 1.29 is 24.0 Å². The molecule has 0 spiro atoms. The van der Waals surface area contributed by atoms with Crippen molar-refractivity contribution in [3.8, 4) is 11.4 Å². The van der Waals surface area contributed by atoms with Gasteiger partial charge in [0.2, 0.25) is 29.4 Å². The highest BCUT2D eigenvalue weighted by Crippen LogP contribution is 2.26. The number of nitrogens with zero attached hydrogens (tertiary/aromatic N) is 4. The zero-order chi connectivity index (χ0) is 29.0. The van der Waals surface area contributed by atoms with Crippen LogP contribution in [0.2, 0.25) is 0 Å². The number of β-amino-alcohol motifs (C(OH)–C–C–N with tert-alkyl or cyclic N) is 1. The third kappa shape index (κ3) is 7.30. The van der Waals surface area contributed by atoms with Gasteiger partial charge in [0.15, 0.2) is 0 Å². The highest BCUT2D eigenvalue weighted by Gasteiger charge is 2.44. The van der Waals surface area contributed by atoms with Crippen LogP contribution in [0.15, 0.2) is 51.7 Å². The number of carbonyl (C=O) groups is 3. The molecular weight excluding hydrogens is 580 g/mol. The minimum absolute atomic E-state index is 0.00768. The van der Waals surface area contributed by atoms with Crippen molar-refractivity contribution in [2.45, 2.75) is 65.3 Å². The Balaban J connectivity index is 1.41. The summed E-state index contributed by atoms with van der Waals surface area (Å²) in [7, 11) is 0. The van der Waals surface area contributed by atoms with Gasteiger partial charge in [0.25, 0.3) is 0 Å². The van der Waals surface area contributed by atoms with Crippen LogP contribution in [0.25, 0.3) is 11.4 Å². The number of likely N-dealkylation sites (tertiary alicyclic amines) is 1. The normalized spacial score (nSPS) is 17.9. The Labute approximate surface area is 240 Å². The standard InChI is InChI=1S/C28H33BrN6O5/c1-16-32-25(34-40-16)19-7-5-17(6-8-19)13-31-26(38)22-11-21(36)15-35(22)27(39)24(28(2,3)4)33-23(37)10-18-9-20(29)14-30-12-18/h5-9,12,14,21-22,24,36H,10-11,13,15H2,1-4H3,(H,31,38)(H,33,37)/t21-,22+,24-/m1/s1. The molecule has 0 saturated carbocycles. The molecule has 3 amide bonds. The lowest BCUT2D eigenvalue weighted by molar-refractivity contribution is -0.144. The van der Waals surface area contributed by atoms with Gasteiger partial charge in [-0.25, -0.2) is 0 Å². The second-order valence-corrected chi connectivity index (χ2v) is 11.9. The number of aryl methyl sites for hydroxylation is 1. The monoisotopic (exact) mass is 612 g/mol. The van der Waals surface area contributed by atoms with Crippen LogP contribution in [0.5, 0.6) is 0 Å². The first kappa shape index (κ1) is 29.3. The number of aromatic nitrogens is 3. The first-order valence-corrected chi connectivity index (χ1v) is 13.7. The molecule has 1 aromatic carbocycles. The number of hydrogen-bond donors (Lipinski definition) is 3. The fourth-order valence-corrected chi connectivity index (χ4v) is 4.98. The number of aliphatic hydroxyl groups is 1. The number of halogens is 1. The van der Waals surface area contributed by atoms with Crippen LogP contribution in [0.4, 0.5) is 0 Å². The van der Waals surface area contributed by atoms with Gasteiger partial charge in [-0.1, -0.05) is 50.2 Å². The van der Waals surface area contributed by atoms with Crippen molar-refractivity contribution >= 4 is 33.7 Å². The Hall–Kier alpha value is -3.64. The molecule has 4 rings (SSSR count). The molecule has 12 heteroatoms. The lowest BCUT2D eigenvalue weighted by atomic mass is 9.85. The zero-order valence-corrected chi connectivity index (χ0v) is 24.4. The van der Waals surface area contributed by atoms with Crippen LogP contribution in [0, 0.1) is 12.3 Å². The quantitative estimate of drug-likeness (QED) is 0.351. The topological polar surface area (TPSA) is 151 Å². The van der Waals surface area contributed by atoms with Gasteiger partial charge in [-0.3, -0.25) is 19.4 Å². The molecule has 3 heterocycles. The number of nitrogens with one attached hydrogen (secondary N) is 2. The van der Waals surface area contributed by atoms with E-state index in [9.17, 15) is 19.5 Å². The zero-order valence-electron chi connectivity index (χ0n) is 22.8. The minimum Gasteiger partial charge on any atom is -0.391 e. The Morgan fingerprint density at radius 2 is 1.90 bits per heavy atom. The maximum absolute atomic E-state index is 13.7. The number of hydrogen-bond acceptors (Lipinski definition) is 8. The predicted molar refractivity (Wildman–Crippen MR) is 149 cm³/mol. The third-order valence-corrected chi connectivity index (χ3v) is 7.05. The van der Waals surface area contributed by atoms with E-state index in [1.165, 1.54) is 4.90 Å². The van der Waals surface area contributed by atoms with Gasteiger partial charge >= 0.3 is 0 Å². The molecule has 1 saturated heterocycles. The molecule has 11 nitrogen and oxygen atoms in total. The number of amides is 3. The van der Waals surface area contributed by atoms with E-state index in [0.29, 0.717) is 17.3 Å². The summed E-state index contributed by atoms with van der Waals surface area (Å²) >= 11 is 3.34. The molecule has 0 aliphatic carbocycles. The van der Waals surface area contributed by atoms with Crippen LogP contribution in [-0.4, -0.2) is 67.6 Å². The third-order valence-electron chi connectivity index (χ3n) is 6.62. The minimum atomic E-state index is -0.901. The molecule has 0 bridgehead atoms. The van der Waals surface area contributed by atoms with E-state index in [4.69, 9.17) is 4.52 Å². The summed E-state index contributed by atoms with van der Waals surface area (Å²) in [5.74, 6) is -0.171. The van der Waals surface area contributed by atoms with Crippen molar-refractivity contribution in [2.75, 3.05) is 6.54 Å². The van der Waals surface area contributed by atoms with E-state index in [1.807, 2.05) is 45.0 Å². The van der Waals surface area contributed by atoms with Gasteiger partial charge < -0.3 is 25.2 Å². The van der Waals surface area contributed by atoms with Crippen molar-refractivity contribution in [1.82, 2.24) is 30.7 Å². The summed E-state index contributed by atoms with van der Waals surface area (Å²) in [4.78, 5) is 49.5. The summed E-state index contributed by atoms with van der Waals surface area (Å²) < 4.78 is 5.76. The number of benzene rings is 1. The van der Waals surface area contributed by atoms with Gasteiger partial charge in [-0.2, -0.15) is 4.98 Å². The highest BCUT2D eigenvalue weighted by atomic mass is 79.9. The van der Waals surface area contributed by atoms with E-state index in [-0.39, 0.29) is 37.7 Å². The Kier molecular flexibility index (Phi) is 8.99. The highest BCUT2D eigenvalue weighted by molar-refractivity contribution is 9.10. The average molecular weight is 614 g/mol. The number of carbonyl (C=O) groups excluding carboxylic acids is 3.